The van der Waals surface area contributed by atoms with Crippen LogP contribution in [-0.2, 0) is 10.0 Å². The van der Waals surface area contributed by atoms with Crippen molar-refractivity contribution in [2.45, 2.75) is 37.0 Å². The second-order valence-corrected chi connectivity index (χ2v) is 9.16. The summed E-state index contributed by atoms with van der Waals surface area (Å²) in [6.07, 6.45) is 7.96. The third-order valence-corrected chi connectivity index (χ3v) is 6.65. The van der Waals surface area contributed by atoms with Crippen molar-refractivity contribution in [3.05, 3.63) is 60.2 Å². The number of para-hydroxylation sites is 2. The van der Waals surface area contributed by atoms with Gasteiger partial charge in [0.1, 0.15) is 5.75 Å². The molecule has 8 heteroatoms. The molecule has 162 valence electrons. The van der Waals surface area contributed by atoms with Crippen LogP contribution in [0.4, 0.5) is 11.6 Å². The van der Waals surface area contributed by atoms with E-state index in [-0.39, 0.29) is 10.7 Å². The molecular formula is C23H26N4O3S. The first-order valence-corrected chi connectivity index (χ1v) is 11.9. The molecule has 2 N–H and O–H groups in total. The lowest BCUT2D eigenvalue weighted by Crippen LogP contribution is -2.17. The van der Waals surface area contributed by atoms with Gasteiger partial charge in [0, 0.05) is 6.54 Å². The maximum Gasteiger partial charge on any atom is 0.263 e. The van der Waals surface area contributed by atoms with Crippen LogP contribution in [0, 0.1) is 0 Å². The number of methoxy groups -OCH3 is 1. The molecule has 31 heavy (non-hydrogen) atoms. The van der Waals surface area contributed by atoms with Gasteiger partial charge >= 0.3 is 0 Å². The second-order valence-electron chi connectivity index (χ2n) is 7.48. The van der Waals surface area contributed by atoms with Crippen molar-refractivity contribution in [3.63, 3.8) is 0 Å². The van der Waals surface area contributed by atoms with Crippen LogP contribution in [0.3, 0.4) is 0 Å². The summed E-state index contributed by atoms with van der Waals surface area (Å²) in [6, 6.07) is 13.6. The highest BCUT2D eigenvalue weighted by atomic mass is 32.2. The summed E-state index contributed by atoms with van der Waals surface area (Å²) >= 11 is 0. The molecule has 1 aliphatic carbocycles. The lowest BCUT2D eigenvalue weighted by molar-refractivity contribution is 0.414. The van der Waals surface area contributed by atoms with Crippen LogP contribution < -0.4 is 14.8 Å². The van der Waals surface area contributed by atoms with E-state index in [9.17, 15) is 8.42 Å². The summed E-state index contributed by atoms with van der Waals surface area (Å²) in [5.41, 5.74) is 2.76. The summed E-state index contributed by atoms with van der Waals surface area (Å²) < 4.78 is 33.6. The zero-order valence-corrected chi connectivity index (χ0v) is 18.3. The molecule has 3 aromatic rings. The molecule has 0 spiro atoms. The highest BCUT2D eigenvalue weighted by Crippen LogP contribution is 2.26. The summed E-state index contributed by atoms with van der Waals surface area (Å²) in [7, 11) is -2.30. The lowest BCUT2D eigenvalue weighted by atomic mass is 9.97. The number of anilines is 2. The van der Waals surface area contributed by atoms with Crippen molar-refractivity contribution < 1.29 is 13.2 Å². The van der Waals surface area contributed by atoms with E-state index in [2.05, 4.69) is 26.1 Å². The fourth-order valence-electron chi connectivity index (χ4n) is 3.61. The zero-order valence-electron chi connectivity index (χ0n) is 17.5. The van der Waals surface area contributed by atoms with Crippen molar-refractivity contribution >= 4 is 32.7 Å². The van der Waals surface area contributed by atoms with Gasteiger partial charge in [-0.25, -0.2) is 18.4 Å². The number of sulfonamides is 1. The highest BCUT2D eigenvalue weighted by molar-refractivity contribution is 7.92. The minimum Gasteiger partial charge on any atom is -0.497 e. The van der Waals surface area contributed by atoms with Gasteiger partial charge in [-0.15, -0.1) is 0 Å². The zero-order chi connectivity index (χ0) is 21.7. The quantitative estimate of drug-likeness (QED) is 0.494. The number of fused-ring (bicyclic) bond motifs is 1. The molecule has 7 nitrogen and oxygen atoms in total. The van der Waals surface area contributed by atoms with E-state index < -0.39 is 10.0 Å². The molecule has 1 heterocycles. The molecule has 2 aromatic carbocycles. The molecule has 0 saturated carbocycles. The van der Waals surface area contributed by atoms with Gasteiger partial charge in [-0.2, -0.15) is 0 Å². The minimum atomic E-state index is -3.83. The standard InChI is InChI=1S/C23H26N4O3S/c1-30-18-11-13-19(14-12-18)31(28,29)27-23-22(24-16-15-17-7-3-2-4-8-17)25-20-9-5-6-10-21(20)26-23/h5-7,9-14H,2-4,8,15-16H2,1H3,(H,24,25)(H,26,27). The van der Waals surface area contributed by atoms with Gasteiger partial charge in [0.25, 0.3) is 10.0 Å². The molecule has 0 bridgehead atoms. The van der Waals surface area contributed by atoms with Gasteiger partial charge in [0.15, 0.2) is 11.6 Å². The Labute approximate surface area is 182 Å². The fourth-order valence-corrected chi connectivity index (χ4v) is 4.62. The maximum absolute atomic E-state index is 13.0. The van der Waals surface area contributed by atoms with Gasteiger partial charge in [-0.3, -0.25) is 4.72 Å². The molecule has 0 aliphatic heterocycles. The second kappa shape index (κ2) is 9.34. The fraction of sp³-hybridized carbons (Fsp3) is 0.304. The number of nitrogens with zero attached hydrogens (tertiary/aromatic N) is 2. The number of nitrogens with one attached hydrogen (secondary N) is 2. The highest BCUT2D eigenvalue weighted by Gasteiger charge is 2.19. The lowest BCUT2D eigenvalue weighted by Gasteiger charge is -2.16. The van der Waals surface area contributed by atoms with Crippen LogP contribution in [0.25, 0.3) is 11.0 Å². The summed E-state index contributed by atoms with van der Waals surface area (Å²) in [5.74, 6) is 1.20. The van der Waals surface area contributed by atoms with Gasteiger partial charge in [0.2, 0.25) is 0 Å². The van der Waals surface area contributed by atoms with Crippen molar-refractivity contribution in [2.75, 3.05) is 23.7 Å². The van der Waals surface area contributed by atoms with Gasteiger partial charge in [-0.1, -0.05) is 23.8 Å². The number of allylic oxidation sites excluding steroid dienone is 1. The smallest absolute Gasteiger partial charge is 0.263 e. The Bertz CT molecular complexity index is 1190. The number of hydrogen-bond donors (Lipinski definition) is 2. The Morgan fingerprint density at radius 1 is 0.968 bits per heavy atom. The predicted octanol–water partition coefficient (Wildman–Crippen LogP) is 4.74. The normalized spacial score (nSPS) is 14.2. The van der Waals surface area contributed by atoms with Crippen molar-refractivity contribution in [1.29, 1.82) is 0 Å². The van der Waals surface area contributed by atoms with E-state index in [1.165, 1.54) is 37.7 Å². The average molecular weight is 439 g/mol. The number of benzene rings is 2. The summed E-state index contributed by atoms with van der Waals surface area (Å²) in [4.78, 5) is 9.28. The summed E-state index contributed by atoms with van der Waals surface area (Å²) in [6.45, 7) is 0.663. The predicted molar refractivity (Wildman–Crippen MR) is 123 cm³/mol. The molecular weight excluding hydrogens is 412 g/mol. The Hall–Kier alpha value is -3.13. The first-order valence-electron chi connectivity index (χ1n) is 10.4. The van der Waals surface area contributed by atoms with Gasteiger partial charge in [0.05, 0.1) is 23.0 Å². The van der Waals surface area contributed by atoms with E-state index in [4.69, 9.17) is 4.74 Å². The number of rotatable bonds is 8. The number of ether oxygens (including phenoxy) is 1. The van der Waals surface area contributed by atoms with E-state index in [1.807, 2.05) is 24.3 Å². The SMILES string of the molecule is COc1ccc(S(=O)(=O)Nc2nc3ccccc3nc2NCCC2=CCCCC2)cc1. The molecule has 0 unspecified atom stereocenters. The monoisotopic (exact) mass is 438 g/mol. The molecule has 0 amide bonds. The Balaban J connectivity index is 1.59. The molecule has 1 aliphatic rings. The molecule has 4 rings (SSSR count). The topological polar surface area (TPSA) is 93.2 Å². The van der Waals surface area contributed by atoms with Crippen molar-refractivity contribution in [3.8, 4) is 5.75 Å². The molecule has 0 fully saturated rings. The summed E-state index contributed by atoms with van der Waals surface area (Å²) in [5, 5.41) is 3.28. The van der Waals surface area contributed by atoms with Crippen molar-refractivity contribution in [1.82, 2.24) is 9.97 Å². The number of aromatic nitrogens is 2. The molecule has 0 radical (unpaired) electrons. The minimum absolute atomic E-state index is 0.126. The first kappa shape index (κ1) is 21.1. The molecule has 0 atom stereocenters. The average Bonchev–Trinajstić information content (AvgIpc) is 2.80. The first-order chi connectivity index (χ1) is 15.0. The van der Waals surface area contributed by atoms with E-state index in [0.717, 1.165) is 19.3 Å². The van der Waals surface area contributed by atoms with Crippen LogP contribution in [0.2, 0.25) is 0 Å². The van der Waals surface area contributed by atoms with Crippen LogP contribution in [0.5, 0.6) is 5.75 Å². The molecule has 0 saturated heterocycles. The Morgan fingerprint density at radius 3 is 2.32 bits per heavy atom. The van der Waals surface area contributed by atoms with E-state index >= 15 is 0 Å². The Kier molecular flexibility index (Phi) is 6.36. The van der Waals surface area contributed by atoms with Crippen LogP contribution >= 0.6 is 0 Å². The largest absolute Gasteiger partial charge is 0.497 e. The van der Waals surface area contributed by atoms with Crippen LogP contribution in [0.1, 0.15) is 32.1 Å². The molecule has 1 aromatic heterocycles. The third-order valence-electron chi connectivity index (χ3n) is 5.29. The van der Waals surface area contributed by atoms with Crippen LogP contribution in [-0.4, -0.2) is 32.0 Å². The van der Waals surface area contributed by atoms with Crippen molar-refractivity contribution in [2.24, 2.45) is 0 Å². The van der Waals surface area contributed by atoms with E-state index in [1.54, 1.807) is 12.1 Å². The van der Waals surface area contributed by atoms with Gasteiger partial charge in [-0.05, 0) is 68.5 Å². The van der Waals surface area contributed by atoms with E-state index in [0.29, 0.717) is 29.1 Å². The third kappa shape index (κ3) is 5.14. The number of hydrogen-bond acceptors (Lipinski definition) is 6. The maximum atomic E-state index is 13.0. The van der Waals surface area contributed by atoms with Crippen LogP contribution in [0.15, 0.2) is 65.1 Å². The Morgan fingerprint density at radius 2 is 1.68 bits per heavy atom. The van der Waals surface area contributed by atoms with Gasteiger partial charge < -0.3 is 10.1 Å².